The number of carbonyl (C=O) groups excluding carboxylic acids is 2. The van der Waals surface area contributed by atoms with Gasteiger partial charge < -0.3 is 14.5 Å². The van der Waals surface area contributed by atoms with E-state index >= 15 is 0 Å². The van der Waals surface area contributed by atoms with Gasteiger partial charge in [-0.05, 0) is 19.1 Å². The lowest BCUT2D eigenvalue weighted by Crippen LogP contribution is -2.24. The minimum Gasteiger partial charge on any atom is -0.466 e. The number of carbonyl (C=O) groups is 2. The zero-order valence-electron chi connectivity index (χ0n) is 11.7. The van der Waals surface area contributed by atoms with E-state index < -0.39 is 0 Å². The van der Waals surface area contributed by atoms with Crippen LogP contribution in [0.4, 0.5) is 0 Å². The molecule has 1 heterocycles. The fourth-order valence-electron chi connectivity index (χ4n) is 1.69. The van der Waals surface area contributed by atoms with Crippen LogP contribution in [0.1, 0.15) is 19.2 Å². The van der Waals surface area contributed by atoms with Crippen molar-refractivity contribution in [2.45, 2.75) is 13.3 Å². The highest BCUT2D eigenvalue weighted by molar-refractivity contribution is 5.91. The lowest BCUT2D eigenvalue weighted by molar-refractivity contribution is -0.142. The Hall–Kier alpha value is -2.63. The monoisotopic (exact) mass is 288 g/mol. The molecule has 0 aliphatic rings. The Labute approximate surface area is 121 Å². The van der Waals surface area contributed by atoms with Crippen molar-refractivity contribution in [1.29, 1.82) is 0 Å². The zero-order chi connectivity index (χ0) is 15.1. The number of ether oxygens (including phenoxy) is 1. The van der Waals surface area contributed by atoms with Crippen LogP contribution in [0.5, 0.6) is 0 Å². The van der Waals surface area contributed by atoms with Gasteiger partial charge in [-0.1, -0.05) is 12.1 Å². The number of nitrogens with one attached hydrogen (secondary N) is 1. The van der Waals surface area contributed by atoms with E-state index in [1.54, 1.807) is 13.0 Å². The lowest BCUT2D eigenvalue weighted by atomic mass is 10.3. The van der Waals surface area contributed by atoms with E-state index in [0.29, 0.717) is 18.1 Å². The summed E-state index contributed by atoms with van der Waals surface area (Å²) in [4.78, 5) is 26.8. The summed E-state index contributed by atoms with van der Waals surface area (Å²) in [5.74, 6) is -0.293. The third-order valence-corrected chi connectivity index (χ3v) is 2.62. The summed E-state index contributed by atoms with van der Waals surface area (Å²) in [5.41, 5.74) is 1.40. The van der Waals surface area contributed by atoms with E-state index in [9.17, 15) is 9.59 Å². The largest absolute Gasteiger partial charge is 0.466 e. The van der Waals surface area contributed by atoms with Gasteiger partial charge in [-0.3, -0.25) is 9.59 Å². The first-order chi connectivity index (χ1) is 10.2. The van der Waals surface area contributed by atoms with Crippen LogP contribution in [-0.2, 0) is 14.3 Å². The zero-order valence-corrected chi connectivity index (χ0v) is 11.7. The van der Waals surface area contributed by atoms with E-state index in [2.05, 4.69) is 10.3 Å². The summed E-state index contributed by atoms with van der Waals surface area (Å²) >= 11 is 0. The van der Waals surface area contributed by atoms with Gasteiger partial charge in [0.1, 0.15) is 5.52 Å². The Kier molecular flexibility index (Phi) is 5.09. The summed E-state index contributed by atoms with van der Waals surface area (Å²) in [6.07, 6.45) is 2.95. The van der Waals surface area contributed by atoms with E-state index in [1.807, 2.05) is 18.2 Å². The van der Waals surface area contributed by atoms with Gasteiger partial charge >= 0.3 is 5.97 Å². The molecule has 6 heteroatoms. The fourth-order valence-corrected chi connectivity index (χ4v) is 1.69. The minimum atomic E-state index is -0.333. The Morgan fingerprint density at radius 2 is 2.19 bits per heavy atom. The number of esters is 1. The molecule has 1 aromatic heterocycles. The Bertz CT molecular complexity index is 627. The molecule has 0 saturated heterocycles. The highest BCUT2D eigenvalue weighted by Gasteiger charge is 2.04. The van der Waals surface area contributed by atoms with Gasteiger partial charge in [-0.15, -0.1) is 0 Å². The molecule has 2 aromatic rings. The predicted octanol–water partition coefficient (Wildman–Crippen LogP) is 1.91. The molecule has 21 heavy (non-hydrogen) atoms. The van der Waals surface area contributed by atoms with Crippen LogP contribution in [0.2, 0.25) is 0 Å². The number of rotatable bonds is 6. The molecule has 0 unspecified atom stereocenters. The van der Waals surface area contributed by atoms with E-state index in [0.717, 1.165) is 5.52 Å². The number of hydrogen-bond acceptors (Lipinski definition) is 5. The van der Waals surface area contributed by atoms with Crippen LogP contribution in [0, 0.1) is 0 Å². The van der Waals surface area contributed by atoms with Crippen LogP contribution in [0.25, 0.3) is 17.2 Å². The van der Waals surface area contributed by atoms with E-state index in [-0.39, 0.29) is 24.8 Å². The number of oxazole rings is 1. The van der Waals surface area contributed by atoms with E-state index in [1.165, 1.54) is 12.2 Å². The number of hydrogen-bond donors (Lipinski definition) is 1. The average molecular weight is 288 g/mol. The molecule has 2 rings (SSSR count). The van der Waals surface area contributed by atoms with Crippen molar-refractivity contribution in [3.8, 4) is 0 Å². The minimum absolute atomic E-state index is 0.149. The molecular formula is C15H16N2O4. The Balaban J connectivity index is 1.83. The molecule has 110 valence electrons. The third-order valence-electron chi connectivity index (χ3n) is 2.62. The van der Waals surface area contributed by atoms with E-state index in [4.69, 9.17) is 9.15 Å². The summed E-state index contributed by atoms with van der Waals surface area (Å²) in [5, 5.41) is 2.58. The first-order valence-corrected chi connectivity index (χ1v) is 6.66. The van der Waals surface area contributed by atoms with Crippen LogP contribution < -0.4 is 5.32 Å². The molecule has 0 atom stereocenters. The van der Waals surface area contributed by atoms with Crippen LogP contribution >= 0.6 is 0 Å². The van der Waals surface area contributed by atoms with Gasteiger partial charge in [-0.25, -0.2) is 4.98 Å². The number of nitrogens with zero attached hydrogens (tertiary/aromatic N) is 1. The lowest BCUT2D eigenvalue weighted by Gasteiger charge is -2.01. The third kappa shape index (κ3) is 4.45. The maximum Gasteiger partial charge on any atom is 0.307 e. The standard InChI is InChI=1S/C15H16N2O4/c1-2-20-15(19)9-10-16-13(18)7-8-14-17-11-5-3-4-6-12(11)21-14/h3-8H,2,9-10H2,1H3,(H,16,18). The van der Waals surface area contributed by atoms with Crippen molar-refractivity contribution < 1.29 is 18.7 Å². The molecule has 0 spiro atoms. The first kappa shape index (κ1) is 14.8. The Morgan fingerprint density at radius 3 is 2.95 bits per heavy atom. The van der Waals surface area contributed by atoms with Gasteiger partial charge in [0.25, 0.3) is 0 Å². The van der Waals surface area contributed by atoms with Crippen molar-refractivity contribution >= 4 is 29.1 Å². The molecule has 0 radical (unpaired) electrons. The molecule has 6 nitrogen and oxygen atoms in total. The molecule has 1 N–H and O–H groups in total. The molecule has 0 saturated carbocycles. The smallest absolute Gasteiger partial charge is 0.307 e. The van der Waals surface area contributed by atoms with Crippen molar-refractivity contribution in [3.05, 3.63) is 36.2 Å². The summed E-state index contributed by atoms with van der Waals surface area (Å²) in [6.45, 7) is 2.31. The maximum absolute atomic E-state index is 11.6. The van der Waals surface area contributed by atoms with Gasteiger partial charge in [0.2, 0.25) is 11.8 Å². The molecule has 1 amide bonds. The molecule has 0 aliphatic carbocycles. The van der Waals surface area contributed by atoms with Gasteiger partial charge in [0.05, 0.1) is 13.0 Å². The van der Waals surface area contributed by atoms with Gasteiger partial charge in [0, 0.05) is 18.7 Å². The van der Waals surface area contributed by atoms with Crippen molar-refractivity contribution in [3.63, 3.8) is 0 Å². The normalized spacial score (nSPS) is 10.9. The molecular weight excluding hydrogens is 272 g/mol. The highest BCUT2D eigenvalue weighted by atomic mass is 16.5. The summed E-state index contributed by atoms with van der Waals surface area (Å²) < 4.78 is 10.2. The second-order valence-corrected chi connectivity index (χ2v) is 4.20. The van der Waals surface area contributed by atoms with Crippen molar-refractivity contribution in [2.24, 2.45) is 0 Å². The quantitative estimate of drug-likeness (QED) is 0.648. The van der Waals surface area contributed by atoms with Crippen molar-refractivity contribution in [2.75, 3.05) is 13.2 Å². The van der Waals surface area contributed by atoms with Crippen molar-refractivity contribution in [1.82, 2.24) is 10.3 Å². The predicted molar refractivity (Wildman–Crippen MR) is 77.3 cm³/mol. The van der Waals surface area contributed by atoms with Crippen LogP contribution in [0.3, 0.4) is 0 Å². The first-order valence-electron chi connectivity index (χ1n) is 6.66. The number of para-hydroxylation sites is 2. The second-order valence-electron chi connectivity index (χ2n) is 4.20. The van der Waals surface area contributed by atoms with Gasteiger partial charge in [0.15, 0.2) is 5.58 Å². The summed E-state index contributed by atoms with van der Waals surface area (Å²) in [6, 6.07) is 7.35. The topological polar surface area (TPSA) is 81.4 Å². The average Bonchev–Trinajstić information content (AvgIpc) is 2.88. The summed E-state index contributed by atoms with van der Waals surface area (Å²) in [7, 11) is 0. The number of aromatic nitrogens is 1. The molecule has 0 fully saturated rings. The SMILES string of the molecule is CCOC(=O)CCNC(=O)C=Cc1nc2ccccc2o1. The molecule has 0 aliphatic heterocycles. The second kappa shape index (κ2) is 7.23. The molecule has 1 aromatic carbocycles. The number of amides is 1. The molecule has 0 bridgehead atoms. The fraction of sp³-hybridized carbons (Fsp3) is 0.267. The number of benzene rings is 1. The van der Waals surface area contributed by atoms with Crippen LogP contribution in [0.15, 0.2) is 34.8 Å². The maximum atomic E-state index is 11.6. The number of fused-ring (bicyclic) bond motifs is 1. The van der Waals surface area contributed by atoms with Gasteiger partial charge in [-0.2, -0.15) is 0 Å². The highest BCUT2D eigenvalue weighted by Crippen LogP contribution is 2.15. The Morgan fingerprint density at radius 1 is 1.38 bits per heavy atom. The van der Waals surface area contributed by atoms with Crippen LogP contribution in [-0.4, -0.2) is 30.0 Å².